The summed E-state index contributed by atoms with van der Waals surface area (Å²) in [4.78, 5) is 30.4. The number of amides is 1. The van der Waals surface area contributed by atoms with Crippen LogP contribution in [0.25, 0.3) is 17.0 Å². The van der Waals surface area contributed by atoms with Gasteiger partial charge in [-0.25, -0.2) is 4.98 Å². The fraction of sp³-hybridized carbons (Fsp3) is 0.208. The number of hydrogen-bond acceptors (Lipinski definition) is 4. The van der Waals surface area contributed by atoms with Crippen molar-refractivity contribution in [1.29, 1.82) is 0 Å². The van der Waals surface area contributed by atoms with Gasteiger partial charge in [0.05, 0.1) is 17.7 Å². The summed E-state index contributed by atoms with van der Waals surface area (Å²) in [6.07, 6.45) is -2.14. The van der Waals surface area contributed by atoms with Crippen LogP contribution in [0.4, 0.5) is 13.2 Å². The number of halogens is 4. The average Bonchev–Trinajstić information content (AvgIpc) is 3.57. The summed E-state index contributed by atoms with van der Waals surface area (Å²) in [5.74, 6) is -2.99. The number of imidazole rings is 1. The third kappa shape index (κ3) is 4.03. The van der Waals surface area contributed by atoms with E-state index in [4.69, 9.17) is 16.0 Å². The molecule has 1 amide bonds. The van der Waals surface area contributed by atoms with Crippen molar-refractivity contribution in [2.45, 2.75) is 12.1 Å². The number of pyridine rings is 1. The highest BCUT2D eigenvalue weighted by atomic mass is 35.5. The van der Waals surface area contributed by atoms with Gasteiger partial charge in [-0.15, -0.1) is 0 Å². The molecule has 7 nitrogen and oxygen atoms in total. The highest BCUT2D eigenvalue weighted by Gasteiger charge is 2.42. The van der Waals surface area contributed by atoms with E-state index in [1.807, 2.05) is 0 Å². The third-order valence-electron chi connectivity index (χ3n) is 6.13. The van der Waals surface area contributed by atoms with Crippen LogP contribution in [0, 0.1) is 5.92 Å². The molecular formula is C24H17ClF3N3O4. The van der Waals surface area contributed by atoms with Gasteiger partial charge in [-0.05, 0) is 23.8 Å². The van der Waals surface area contributed by atoms with E-state index < -0.39 is 41.1 Å². The normalized spacial score (nSPS) is 18.3. The molecule has 1 saturated heterocycles. The van der Waals surface area contributed by atoms with Gasteiger partial charge in [0.1, 0.15) is 10.9 Å². The van der Waals surface area contributed by atoms with Crippen LogP contribution in [-0.4, -0.2) is 44.4 Å². The Labute approximate surface area is 201 Å². The molecule has 0 spiro atoms. The lowest BCUT2D eigenvalue weighted by Crippen LogP contribution is -2.30. The van der Waals surface area contributed by atoms with Gasteiger partial charge < -0.3 is 14.4 Å². The maximum Gasteiger partial charge on any atom is 0.420 e. The lowest BCUT2D eigenvalue weighted by Gasteiger charge is -2.15. The molecule has 0 bridgehead atoms. The van der Waals surface area contributed by atoms with E-state index in [9.17, 15) is 27.9 Å². The van der Waals surface area contributed by atoms with Crippen LogP contribution in [0.5, 0.6) is 0 Å². The number of aliphatic carboxylic acids is 1. The summed E-state index contributed by atoms with van der Waals surface area (Å²) < 4.78 is 47.8. The van der Waals surface area contributed by atoms with Crippen molar-refractivity contribution in [2.24, 2.45) is 5.92 Å². The Morgan fingerprint density at radius 2 is 1.86 bits per heavy atom. The van der Waals surface area contributed by atoms with Crippen molar-refractivity contribution < 1.29 is 32.3 Å². The Balaban J connectivity index is 1.56. The number of rotatable bonds is 4. The summed E-state index contributed by atoms with van der Waals surface area (Å²) in [7, 11) is 0. The topological polar surface area (TPSA) is 88.0 Å². The summed E-state index contributed by atoms with van der Waals surface area (Å²) >= 11 is 6.38. The van der Waals surface area contributed by atoms with Gasteiger partial charge in [0.2, 0.25) is 0 Å². The van der Waals surface area contributed by atoms with Crippen molar-refractivity contribution in [3.63, 3.8) is 0 Å². The van der Waals surface area contributed by atoms with Crippen molar-refractivity contribution >= 4 is 29.1 Å². The van der Waals surface area contributed by atoms with Crippen LogP contribution < -0.4 is 0 Å². The van der Waals surface area contributed by atoms with E-state index in [1.165, 1.54) is 29.5 Å². The molecule has 2 unspecified atom stereocenters. The number of hydrogen-bond donors (Lipinski definition) is 1. The first-order valence-electron chi connectivity index (χ1n) is 10.5. The van der Waals surface area contributed by atoms with Crippen LogP contribution in [0.2, 0.25) is 5.15 Å². The van der Waals surface area contributed by atoms with Gasteiger partial charge in [0, 0.05) is 30.8 Å². The molecule has 2 atom stereocenters. The Morgan fingerprint density at radius 3 is 2.49 bits per heavy atom. The molecule has 3 aromatic heterocycles. The zero-order valence-corrected chi connectivity index (χ0v) is 18.6. The van der Waals surface area contributed by atoms with E-state index >= 15 is 0 Å². The molecule has 35 heavy (non-hydrogen) atoms. The number of fused-ring (bicyclic) bond motifs is 1. The second-order valence-electron chi connectivity index (χ2n) is 8.23. The molecule has 1 aliphatic rings. The summed E-state index contributed by atoms with van der Waals surface area (Å²) in [5.41, 5.74) is -1.15. The highest BCUT2D eigenvalue weighted by molar-refractivity contribution is 6.33. The van der Waals surface area contributed by atoms with Crippen LogP contribution in [0.1, 0.15) is 27.5 Å². The second kappa shape index (κ2) is 8.46. The fourth-order valence-electron chi connectivity index (χ4n) is 4.45. The predicted molar refractivity (Wildman–Crippen MR) is 119 cm³/mol. The minimum Gasteiger partial charge on any atom is -0.481 e. The quantitative estimate of drug-likeness (QED) is 0.413. The molecule has 1 aromatic carbocycles. The zero-order chi connectivity index (χ0) is 24.9. The van der Waals surface area contributed by atoms with Gasteiger partial charge in [-0.2, -0.15) is 13.2 Å². The minimum atomic E-state index is -4.78. The largest absolute Gasteiger partial charge is 0.481 e. The maximum atomic E-state index is 13.9. The van der Waals surface area contributed by atoms with Crippen LogP contribution in [-0.2, 0) is 11.0 Å². The second-order valence-corrected chi connectivity index (χ2v) is 8.59. The van der Waals surface area contributed by atoms with E-state index in [1.54, 1.807) is 30.3 Å². The molecule has 4 heterocycles. The van der Waals surface area contributed by atoms with Gasteiger partial charge in [0.15, 0.2) is 11.3 Å². The molecule has 1 N–H and O–H groups in total. The number of carboxylic acid groups (broad SMARTS) is 1. The monoisotopic (exact) mass is 503 g/mol. The summed E-state index contributed by atoms with van der Waals surface area (Å²) in [6, 6.07) is 12.8. The number of carbonyl (C=O) groups excluding carboxylic acids is 1. The van der Waals surface area contributed by atoms with Crippen LogP contribution in [0.15, 0.2) is 65.4 Å². The SMILES string of the molecule is O=C(O)C1CN(C(=O)c2nc3c(C(F)(F)F)cc(-c4ccco4)cn3c2Cl)CC1c1ccccc1. The predicted octanol–water partition coefficient (Wildman–Crippen LogP) is 5.21. The van der Waals surface area contributed by atoms with Gasteiger partial charge in [0.25, 0.3) is 5.91 Å². The van der Waals surface area contributed by atoms with Gasteiger partial charge in [-0.1, -0.05) is 41.9 Å². The Morgan fingerprint density at radius 1 is 1.11 bits per heavy atom. The van der Waals surface area contributed by atoms with Crippen LogP contribution in [0.3, 0.4) is 0 Å². The Kier molecular flexibility index (Phi) is 5.55. The number of carbonyl (C=O) groups is 2. The smallest absolute Gasteiger partial charge is 0.420 e. The Hall–Kier alpha value is -3.79. The molecule has 4 aromatic rings. The summed E-state index contributed by atoms with van der Waals surface area (Å²) in [6.45, 7) is -0.0600. The summed E-state index contributed by atoms with van der Waals surface area (Å²) in [5, 5.41) is 9.41. The first-order chi connectivity index (χ1) is 16.6. The molecule has 180 valence electrons. The van der Waals surface area contributed by atoms with E-state index in [-0.39, 0.29) is 35.3 Å². The number of aromatic nitrogens is 2. The van der Waals surface area contributed by atoms with E-state index in [0.29, 0.717) is 0 Å². The third-order valence-corrected chi connectivity index (χ3v) is 6.49. The lowest BCUT2D eigenvalue weighted by atomic mass is 9.89. The standard InChI is InChI=1S/C24H17ClF3N3O4/c25-20-19(22(32)30-11-15(16(12-30)23(33)34)13-5-2-1-3-6-13)29-21-17(24(26,27)28)9-14(10-31(20)21)18-7-4-8-35-18/h1-10,15-16H,11-12H2,(H,33,34). The molecular weight excluding hydrogens is 487 g/mol. The van der Waals surface area contributed by atoms with E-state index in [0.717, 1.165) is 16.0 Å². The molecule has 0 aliphatic carbocycles. The number of carboxylic acids is 1. The van der Waals surface area contributed by atoms with Gasteiger partial charge >= 0.3 is 12.1 Å². The maximum absolute atomic E-state index is 13.9. The van der Waals surface area contributed by atoms with E-state index in [2.05, 4.69) is 4.98 Å². The first-order valence-corrected chi connectivity index (χ1v) is 10.9. The minimum absolute atomic E-state index is 0.0633. The molecule has 5 rings (SSSR count). The number of nitrogens with zero attached hydrogens (tertiary/aromatic N) is 3. The van der Waals surface area contributed by atoms with Crippen molar-refractivity contribution in [2.75, 3.05) is 13.1 Å². The number of benzene rings is 1. The van der Waals surface area contributed by atoms with Crippen molar-refractivity contribution in [3.8, 4) is 11.3 Å². The lowest BCUT2D eigenvalue weighted by molar-refractivity contribution is -0.141. The Bertz CT molecular complexity index is 1420. The average molecular weight is 504 g/mol. The molecule has 0 radical (unpaired) electrons. The number of alkyl halides is 3. The first kappa shape index (κ1) is 23.0. The molecule has 11 heteroatoms. The number of furan rings is 1. The van der Waals surface area contributed by atoms with Crippen LogP contribution >= 0.6 is 11.6 Å². The van der Waals surface area contributed by atoms with Crippen molar-refractivity contribution in [1.82, 2.24) is 14.3 Å². The van der Waals surface area contributed by atoms with Crippen molar-refractivity contribution in [3.05, 3.63) is 83.0 Å². The fourth-order valence-corrected chi connectivity index (χ4v) is 4.70. The number of likely N-dealkylation sites (tertiary alicyclic amines) is 1. The molecule has 0 saturated carbocycles. The highest BCUT2D eigenvalue weighted by Crippen LogP contribution is 2.38. The zero-order valence-electron chi connectivity index (χ0n) is 17.9. The van der Waals surface area contributed by atoms with Gasteiger partial charge in [-0.3, -0.25) is 14.0 Å². The molecule has 1 aliphatic heterocycles. The molecule has 1 fully saturated rings.